The van der Waals surface area contributed by atoms with Gasteiger partial charge in [0.05, 0.1) is 17.4 Å². The molecule has 1 aromatic carbocycles. The molecule has 0 fully saturated rings. The molecule has 0 amide bonds. The first-order valence-corrected chi connectivity index (χ1v) is 6.27. The van der Waals surface area contributed by atoms with E-state index >= 15 is 0 Å². The lowest BCUT2D eigenvalue weighted by Gasteiger charge is -2.07. The van der Waals surface area contributed by atoms with Crippen LogP contribution in [0.25, 0.3) is 11.0 Å². The molecule has 0 bridgehead atoms. The van der Waals surface area contributed by atoms with Crippen molar-refractivity contribution >= 4 is 11.0 Å². The number of fused-ring (bicyclic) bond motifs is 1. The van der Waals surface area contributed by atoms with Crippen molar-refractivity contribution in [1.82, 2.24) is 14.9 Å². The Morgan fingerprint density at radius 1 is 1.35 bits per heavy atom. The van der Waals surface area contributed by atoms with Crippen molar-refractivity contribution in [2.24, 2.45) is 13.0 Å². The molecule has 0 saturated heterocycles. The highest BCUT2D eigenvalue weighted by molar-refractivity contribution is 5.75. The summed E-state index contributed by atoms with van der Waals surface area (Å²) < 4.78 is 2.05. The summed E-state index contributed by atoms with van der Waals surface area (Å²) in [5, 5.41) is 3.46. The maximum Gasteiger partial charge on any atom is 0.0955 e. The minimum atomic E-state index is 0.716. The number of hydrogen-bond donors (Lipinski definition) is 1. The highest BCUT2D eigenvalue weighted by Crippen LogP contribution is 2.13. The number of hydrogen-bond acceptors (Lipinski definition) is 2. The van der Waals surface area contributed by atoms with Gasteiger partial charge in [0.1, 0.15) is 0 Å². The Morgan fingerprint density at radius 3 is 2.94 bits per heavy atom. The average molecular weight is 231 g/mol. The Bertz CT molecular complexity index is 485. The van der Waals surface area contributed by atoms with E-state index in [1.54, 1.807) is 0 Å². The van der Waals surface area contributed by atoms with Crippen molar-refractivity contribution in [2.45, 2.75) is 20.3 Å². The standard InChI is InChI=1S/C14H21N3/c1-11(2)9-15-7-6-12-4-5-14-13(8-12)16-10-17(14)3/h4-5,8,10-11,15H,6-7,9H2,1-3H3. The van der Waals surface area contributed by atoms with Gasteiger partial charge in [0.2, 0.25) is 0 Å². The van der Waals surface area contributed by atoms with Crippen LogP contribution in [0.3, 0.4) is 0 Å². The number of aromatic nitrogens is 2. The molecule has 0 aliphatic carbocycles. The smallest absolute Gasteiger partial charge is 0.0955 e. The summed E-state index contributed by atoms with van der Waals surface area (Å²) in [5.41, 5.74) is 3.64. The van der Waals surface area contributed by atoms with Crippen LogP contribution in [0.2, 0.25) is 0 Å². The van der Waals surface area contributed by atoms with E-state index in [2.05, 4.69) is 46.9 Å². The van der Waals surface area contributed by atoms with E-state index < -0.39 is 0 Å². The Hall–Kier alpha value is -1.35. The maximum atomic E-state index is 4.38. The molecule has 0 aliphatic heterocycles. The van der Waals surface area contributed by atoms with Gasteiger partial charge in [-0.15, -0.1) is 0 Å². The van der Waals surface area contributed by atoms with Gasteiger partial charge in [-0.3, -0.25) is 0 Å². The monoisotopic (exact) mass is 231 g/mol. The van der Waals surface area contributed by atoms with Gasteiger partial charge in [0.15, 0.2) is 0 Å². The quantitative estimate of drug-likeness (QED) is 0.801. The molecule has 2 rings (SSSR count). The zero-order valence-electron chi connectivity index (χ0n) is 10.9. The van der Waals surface area contributed by atoms with Gasteiger partial charge in [-0.25, -0.2) is 4.98 Å². The molecule has 0 saturated carbocycles. The van der Waals surface area contributed by atoms with Crippen LogP contribution in [-0.2, 0) is 13.5 Å². The zero-order valence-corrected chi connectivity index (χ0v) is 10.9. The summed E-state index contributed by atoms with van der Waals surface area (Å²) in [6, 6.07) is 6.54. The first-order chi connectivity index (χ1) is 8.16. The molecular weight excluding hydrogens is 210 g/mol. The number of nitrogens with one attached hydrogen (secondary N) is 1. The Morgan fingerprint density at radius 2 is 2.18 bits per heavy atom. The lowest BCUT2D eigenvalue weighted by Crippen LogP contribution is -2.22. The SMILES string of the molecule is CC(C)CNCCc1ccc2c(c1)ncn2C. The van der Waals surface area contributed by atoms with E-state index in [1.165, 1.54) is 11.1 Å². The van der Waals surface area contributed by atoms with Gasteiger partial charge in [-0.2, -0.15) is 0 Å². The molecule has 2 aromatic rings. The van der Waals surface area contributed by atoms with Gasteiger partial charge in [-0.1, -0.05) is 19.9 Å². The molecule has 1 N–H and O–H groups in total. The predicted molar refractivity (Wildman–Crippen MR) is 72.1 cm³/mol. The predicted octanol–water partition coefficient (Wildman–Crippen LogP) is 2.36. The zero-order chi connectivity index (χ0) is 12.3. The van der Waals surface area contributed by atoms with E-state index in [0.29, 0.717) is 5.92 Å². The Labute approximate surface area is 103 Å². The summed E-state index contributed by atoms with van der Waals surface area (Å²) in [7, 11) is 2.03. The third-order valence-corrected chi connectivity index (χ3v) is 2.93. The second-order valence-corrected chi connectivity index (χ2v) is 5.03. The topological polar surface area (TPSA) is 29.9 Å². The molecule has 1 heterocycles. The molecule has 3 nitrogen and oxygen atoms in total. The first-order valence-electron chi connectivity index (χ1n) is 6.27. The first kappa shape index (κ1) is 12.1. The lowest BCUT2D eigenvalue weighted by molar-refractivity contribution is 0.554. The number of benzene rings is 1. The molecule has 17 heavy (non-hydrogen) atoms. The molecule has 92 valence electrons. The second kappa shape index (κ2) is 5.32. The minimum Gasteiger partial charge on any atom is -0.334 e. The van der Waals surface area contributed by atoms with Crippen LogP contribution < -0.4 is 5.32 Å². The fraction of sp³-hybridized carbons (Fsp3) is 0.500. The molecule has 0 unspecified atom stereocenters. The van der Waals surface area contributed by atoms with Crippen LogP contribution in [0.15, 0.2) is 24.5 Å². The fourth-order valence-electron chi connectivity index (χ4n) is 1.96. The minimum absolute atomic E-state index is 0.716. The van der Waals surface area contributed by atoms with Crippen molar-refractivity contribution in [1.29, 1.82) is 0 Å². The summed E-state index contributed by atoms with van der Waals surface area (Å²) in [6.07, 6.45) is 2.94. The van der Waals surface area contributed by atoms with Gasteiger partial charge in [-0.05, 0) is 43.1 Å². The molecule has 0 spiro atoms. The fourth-order valence-corrected chi connectivity index (χ4v) is 1.96. The summed E-state index contributed by atoms with van der Waals surface area (Å²) in [6.45, 7) is 6.59. The number of imidazole rings is 1. The Balaban J connectivity index is 1.95. The van der Waals surface area contributed by atoms with E-state index in [0.717, 1.165) is 25.0 Å². The van der Waals surface area contributed by atoms with Gasteiger partial charge < -0.3 is 9.88 Å². The third kappa shape index (κ3) is 3.07. The summed E-state index contributed by atoms with van der Waals surface area (Å²) >= 11 is 0. The van der Waals surface area contributed by atoms with Gasteiger partial charge in [0, 0.05) is 7.05 Å². The van der Waals surface area contributed by atoms with Crippen molar-refractivity contribution in [2.75, 3.05) is 13.1 Å². The van der Waals surface area contributed by atoms with Crippen LogP contribution in [0.4, 0.5) is 0 Å². The number of rotatable bonds is 5. The summed E-state index contributed by atoms with van der Waals surface area (Å²) in [4.78, 5) is 4.38. The van der Waals surface area contributed by atoms with Gasteiger partial charge >= 0.3 is 0 Å². The molecular formula is C14H21N3. The van der Waals surface area contributed by atoms with Crippen molar-refractivity contribution < 1.29 is 0 Å². The van der Waals surface area contributed by atoms with E-state index in [1.807, 2.05) is 13.4 Å². The van der Waals surface area contributed by atoms with E-state index in [-0.39, 0.29) is 0 Å². The Kier molecular flexibility index (Phi) is 3.79. The van der Waals surface area contributed by atoms with Crippen molar-refractivity contribution in [3.05, 3.63) is 30.1 Å². The largest absolute Gasteiger partial charge is 0.334 e. The van der Waals surface area contributed by atoms with Crippen LogP contribution >= 0.6 is 0 Å². The van der Waals surface area contributed by atoms with E-state index in [9.17, 15) is 0 Å². The molecule has 1 aromatic heterocycles. The lowest BCUT2D eigenvalue weighted by atomic mass is 10.1. The molecule has 0 atom stereocenters. The van der Waals surface area contributed by atoms with Crippen LogP contribution in [0, 0.1) is 5.92 Å². The van der Waals surface area contributed by atoms with Crippen LogP contribution in [-0.4, -0.2) is 22.6 Å². The summed E-state index contributed by atoms with van der Waals surface area (Å²) in [5.74, 6) is 0.716. The van der Waals surface area contributed by atoms with Crippen LogP contribution in [0.1, 0.15) is 19.4 Å². The molecule has 0 aliphatic rings. The number of nitrogens with zero attached hydrogens (tertiary/aromatic N) is 2. The molecule has 3 heteroatoms. The highest BCUT2D eigenvalue weighted by atomic mass is 15.0. The van der Waals surface area contributed by atoms with Crippen molar-refractivity contribution in [3.63, 3.8) is 0 Å². The number of aryl methyl sites for hydroxylation is 1. The molecule has 0 radical (unpaired) electrons. The van der Waals surface area contributed by atoms with Crippen molar-refractivity contribution in [3.8, 4) is 0 Å². The average Bonchev–Trinajstić information content (AvgIpc) is 2.66. The van der Waals surface area contributed by atoms with Gasteiger partial charge in [0.25, 0.3) is 0 Å². The van der Waals surface area contributed by atoms with Crippen LogP contribution in [0.5, 0.6) is 0 Å². The third-order valence-electron chi connectivity index (χ3n) is 2.93. The normalized spacial score (nSPS) is 11.5. The van der Waals surface area contributed by atoms with E-state index in [4.69, 9.17) is 0 Å². The second-order valence-electron chi connectivity index (χ2n) is 5.03. The highest BCUT2D eigenvalue weighted by Gasteiger charge is 2.01. The maximum absolute atomic E-state index is 4.38.